The molecule has 0 unspecified atom stereocenters. The van der Waals surface area contributed by atoms with Gasteiger partial charge in [-0.15, -0.1) is 0 Å². The summed E-state index contributed by atoms with van der Waals surface area (Å²) in [6, 6.07) is 12.8. The third kappa shape index (κ3) is 4.85. The molecule has 2 aromatic carbocycles. The molecule has 0 radical (unpaired) electrons. The van der Waals surface area contributed by atoms with Crippen LogP contribution in [0.15, 0.2) is 42.5 Å². The van der Waals surface area contributed by atoms with E-state index < -0.39 is 12.1 Å². The van der Waals surface area contributed by atoms with Gasteiger partial charge in [-0.1, -0.05) is 32.0 Å². The molecule has 0 spiro atoms. The van der Waals surface area contributed by atoms with Crippen molar-refractivity contribution in [2.24, 2.45) is 0 Å². The van der Waals surface area contributed by atoms with Gasteiger partial charge in [0, 0.05) is 5.69 Å². The molecule has 0 aliphatic carbocycles. The monoisotopic (exact) mass is 355 g/mol. The number of carbonyl (C=O) groups excluding carboxylic acids is 2. The number of benzene rings is 2. The first-order valence-corrected chi connectivity index (χ1v) is 8.73. The Morgan fingerprint density at radius 3 is 2.35 bits per heavy atom. The molecule has 0 aliphatic rings. The summed E-state index contributed by atoms with van der Waals surface area (Å²) in [4.78, 5) is 24.3. The van der Waals surface area contributed by atoms with Gasteiger partial charge in [-0.25, -0.2) is 4.79 Å². The van der Waals surface area contributed by atoms with E-state index in [2.05, 4.69) is 12.2 Å². The summed E-state index contributed by atoms with van der Waals surface area (Å²) < 4.78 is 10.6. The highest BCUT2D eigenvalue weighted by atomic mass is 16.5. The lowest BCUT2D eigenvalue weighted by Gasteiger charge is -2.18. The van der Waals surface area contributed by atoms with Gasteiger partial charge >= 0.3 is 5.97 Å². The van der Waals surface area contributed by atoms with Crippen molar-refractivity contribution < 1.29 is 19.1 Å². The van der Waals surface area contributed by atoms with Crippen LogP contribution in [-0.4, -0.2) is 25.1 Å². The Labute approximate surface area is 154 Å². The van der Waals surface area contributed by atoms with E-state index in [1.54, 1.807) is 18.2 Å². The van der Waals surface area contributed by atoms with Crippen LogP contribution in [0.3, 0.4) is 0 Å². The highest BCUT2D eigenvalue weighted by molar-refractivity contribution is 5.97. The van der Waals surface area contributed by atoms with Gasteiger partial charge < -0.3 is 14.8 Å². The van der Waals surface area contributed by atoms with Crippen LogP contribution in [0.4, 0.5) is 5.69 Å². The number of carbonyl (C=O) groups is 2. The first kappa shape index (κ1) is 19.5. The van der Waals surface area contributed by atoms with Crippen molar-refractivity contribution in [3.8, 4) is 5.75 Å². The van der Waals surface area contributed by atoms with E-state index in [0.29, 0.717) is 23.4 Å². The molecule has 5 heteroatoms. The molecule has 26 heavy (non-hydrogen) atoms. The molecule has 0 aliphatic heterocycles. The third-order valence-corrected chi connectivity index (χ3v) is 4.19. The van der Waals surface area contributed by atoms with E-state index in [-0.39, 0.29) is 5.91 Å². The molecule has 0 fully saturated rings. The van der Waals surface area contributed by atoms with Gasteiger partial charge in [-0.05, 0) is 55.2 Å². The van der Waals surface area contributed by atoms with Crippen LogP contribution in [0.1, 0.15) is 41.8 Å². The summed E-state index contributed by atoms with van der Waals surface area (Å²) in [5, 5.41) is 2.85. The Bertz CT molecular complexity index is 768. The smallest absolute Gasteiger partial charge is 0.337 e. The second-order valence-electron chi connectivity index (χ2n) is 6.02. The normalized spacial score (nSPS) is 11.5. The number of nitrogens with one attached hydrogen (secondary N) is 1. The van der Waals surface area contributed by atoms with Crippen LogP contribution in [0.5, 0.6) is 5.75 Å². The molecule has 0 aromatic heterocycles. The Hall–Kier alpha value is -2.82. The number of rotatable bonds is 7. The van der Waals surface area contributed by atoms with Crippen molar-refractivity contribution in [3.63, 3.8) is 0 Å². The van der Waals surface area contributed by atoms with Crippen LogP contribution in [0.2, 0.25) is 0 Å². The number of hydrogen-bond acceptors (Lipinski definition) is 4. The van der Waals surface area contributed by atoms with Gasteiger partial charge in [0.15, 0.2) is 6.10 Å². The minimum atomic E-state index is -0.622. The number of ether oxygens (including phenoxy) is 2. The van der Waals surface area contributed by atoms with E-state index in [1.807, 2.05) is 38.1 Å². The largest absolute Gasteiger partial charge is 0.481 e. The van der Waals surface area contributed by atoms with Crippen LogP contribution in [0, 0.1) is 6.92 Å². The number of methoxy groups -OCH3 is 1. The fourth-order valence-corrected chi connectivity index (χ4v) is 2.50. The summed E-state index contributed by atoms with van der Waals surface area (Å²) in [5.41, 5.74) is 3.03. The molecule has 0 saturated carbocycles. The Kier molecular flexibility index (Phi) is 6.78. The topological polar surface area (TPSA) is 64.6 Å². The maximum atomic E-state index is 12.6. The second kappa shape index (κ2) is 9.04. The van der Waals surface area contributed by atoms with Gasteiger partial charge in [0.05, 0.1) is 12.7 Å². The van der Waals surface area contributed by atoms with Gasteiger partial charge in [-0.2, -0.15) is 0 Å². The first-order valence-electron chi connectivity index (χ1n) is 8.73. The summed E-state index contributed by atoms with van der Waals surface area (Å²) in [7, 11) is 1.32. The van der Waals surface area contributed by atoms with Gasteiger partial charge in [0.2, 0.25) is 0 Å². The predicted molar refractivity (Wildman–Crippen MR) is 102 cm³/mol. The van der Waals surface area contributed by atoms with Crippen molar-refractivity contribution in [2.75, 3.05) is 12.4 Å². The van der Waals surface area contributed by atoms with E-state index in [1.165, 1.54) is 12.7 Å². The summed E-state index contributed by atoms with van der Waals surface area (Å²) >= 11 is 0. The lowest BCUT2D eigenvalue weighted by Crippen LogP contribution is -2.32. The van der Waals surface area contributed by atoms with E-state index >= 15 is 0 Å². The van der Waals surface area contributed by atoms with Crippen LogP contribution < -0.4 is 10.1 Å². The molecule has 2 rings (SSSR count). The molecule has 1 amide bonds. The predicted octanol–water partition coefficient (Wildman–Crippen LogP) is 4.14. The highest BCUT2D eigenvalue weighted by Crippen LogP contribution is 2.20. The SMILES string of the molecule is CCc1ccc(O[C@H](CC)C(=O)Nc2cc(C(=O)OC)ccc2C)cc1. The zero-order valence-corrected chi connectivity index (χ0v) is 15.7. The quantitative estimate of drug-likeness (QED) is 0.758. The Balaban J connectivity index is 2.12. The van der Waals surface area contributed by atoms with Crippen LogP contribution in [-0.2, 0) is 16.0 Å². The number of hydrogen-bond donors (Lipinski definition) is 1. The zero-order valence-electron chi connectivity index (χ0n) is 15.7. The van der Waals surface area contributed by atoms with Crippen LogP contribution in [0.25, 0.3) is 0 Å². The molecule has 1 N–H and O–H groups in total. The molecular weight excluding hydrogens is 330 g/mol. The Morgan fingerprint density at radius 1 is 1.08 bits per heavy atom. The van der Waals surface area contributed by atoms with Gasteiger partial charge in [-0.3, -0.25) is 4.79 Å². The zero-order chi connectivity index (χ0) is 19.1. The maximum Gasteiger partial charge on any atom is 0.337 e. The second-order valence-corrected chi connectivity index (χ2v) is 6.02. The van der Waals surface area contributed by atoms with Crippen molar-refractivity contribution in [3.05, 3.63) is 59.2 Å². The van der Waals surface area contributed by atoms with E-state index in [9.17, 15) is 9.59 Å². The molecule has 0 bridgehead atoms. The summed E-state index contributed by atoms with van der Waals surface area (Å²) in [6.45, 7) is 5.84. The van der Waals surface area contributed by atoms with Crippen molar-refractivity contribution in [1.82, 2.24) is 0 Å². The van der Waals surface area contributed by atoms with Gasteiger partial charge in [0.1, 0.15) is 5.75 Å². The van der Waals surface area contributed by atoms with E-state index in [4.69, 9.17) is 9.47 Å². The van der Waals surface area contributed by atoms with Crippen molar-refractivity contribution in [1.29, 1.82) is 0 Å². The average molecular weight is 355 g/mol. The molecular formula is C21H25NO4. The fourth-order valence-electron chi connectivity index (χ4n) is 2.50. The fraction of sp³-hybridized carbons (Fsp3) is 0.333. The lowest BCUT2D eigenvalue weighted by molar-refractivity contribution is -0.122. The maximum absolute atomic E-state index is 12.6. The number of amides is 1. The average Bonchev–Trinajstić information content (AvgIpc) is 2.67. The van der Waals surface area contributed by atoms with Gasteiger partial charge in [0.25, 0.3) is 5.91 Å². The van der Waals surface area contributed by atoms with E-state index in [0.717, 1.165) is 12.0 Å². The molecule has 5 nitrogen and oxygen atoms in total. The highest BCUT2D eigenvalue weighted by Gasteiger charge is 2.20. The van der Waals surface area contributed by atoms with Crippen molar-refractivity contribution >= 4 is 17.6 Å². The third-order valence-electron chi connectivity index (χ3n) is 4.19. The summed E-state index contributed by atoms with van der Waals surface area (Å²) in [6.07, 6.45) is 0.855. The van der Waals surface area contributed by atoms with Crippen LogP contribution >= 0.6 is 0 Å². The molecule has 138 valence electrons. The first-order chi connectivity index (χ1) is 12.5. The molecule has 0 heterocycles. The Morgan fingerprint density at radius 2 is 1.77 bits per heavy atom. The van der Waals surface area contributed by atoms with Crippen molar-refractivity contribution in [2.45, 2.75) is 39.7 Å². The number of anilines is 1. The molecule has 2 aromatic rings. The minimum absolute atomic E-state index is 0.253. The minimum Gasteiger partial charge on any atom is -0.481 e. The number of esters is 1. The molecule has 0 saturated heterocycles. The lowest BCUT2D eigenvalue weighted by atomic mass is 10.1. The number of aryl methyl sites for hydroxylation is 2. The molecule has 1 atom stereocenters. The summed E-state index contributed by atoms with van der Waals surface area (Å²) in [5.74, 6) is -0.0405. The standard InChI is InChI=1S/C21H25NO4/c1-5-15-8-11-17(12-9-15)26-19(6-2)20(23)22-18-13-16(21(24)25-4)10-7-14(18)3/h7-13,19H,5-6H2,1-4H3,(H,22,23)/t19-/m1/s1.